The monoisotopic (exact) mass is 294 g/mol. The van der Waals surface area contributed by atoms with Gasteiger partial charge in [0.25, 0.3) is 0 Å². The van der Waals surface area contributed by atoms with E-state index in [9.17, 15) is 9.50 Å². The number of aliphatic hydroxyl groups is 1. The van der Waals surface area contributed by atoms with Crippen LogP contribution in [0.1, 0.15) is 31.1 Å². The molecule has 2 aromatic carbocycles. The van der Waals surface area contributed by atoms with Gasteiger partial charge in [-0.25, -0.2) is 4.39 Å². The van der Waals surface area contributed by atoms with Crippen molar-refractivity contribution in [2.45, 2.75) is 26.1 Å². The Kier molecular flexibility index (Phi) is 4.63. The maximum Gasteiger partial charge on any atom is 0.130 e. The van der Waals surface area contributed by atoms with Crippen LogP contribution in [0.3, 0.4) is 0 Å². The molecule has 1 atom stereocenters. The number of hydrogen-bond donors (Lipinski definition) is 1. The third-order valence-corrected chi connectivity index (χ3v) is 3.18. The summed E-state index contributed by atoms with van der Waals surface area (Å²) in [4.78, 5) is 0. The van der Waals surface area contributed by atoms with Crippen molar-refractivity contribution < 1.29 is 14.2 Å². The number of hydrogen-bond acceptors (Lipinski definition) is 2. The van der Waals surface area contributed by atoms with Crippen LogP contribution in [-0.4, -0.2) is 11.2 Å². The molecule has 0 saturated carbocycles. The van der Waals surface area contributed by atoms with Crippen molar-refractivity contribution in [3.8, 4) is 5.75 Å². The van der Waals surface area contributed by atoms with Crippen LogP contribution in [0.2, 0.25) is 5.02 Å². The average molecular weight is 295 g/mol. The Morgan fingerprint density at radius 1 is 1.10 bits per heavy atom. The van der Waals surface area contributed by atoms with E-state index in [1.165, 1.54) is 12.1 Å². The lowest BCUT2D eigenvalue weighted by molar-refractivity contribution is 0.195. The number of halogens is 2. The summed E-state index contributed by atoms with van der Waals surface area (Å²) >= 11 is 5.99. The van der Waals surface area contributed by atoms with E-state index in [-0.39, 0.29) is 16.7 Å². The number of benzene rings is 2. The van der Waals surface area contributed by atoms with Gasteiger partial charge in [0.05, 0.1) is 6.10 Å². The molecule has 2 aromatic rings. The Hall–Kier alpha value is -1.58. The minimum absolute atomic E-state index is 0.0422. The van der Waals surface area contributed by atoms with E-state index in [0.717, 1.165) is 0 Å². The Bertz CT molecular complexity index is 579. The highest BCUT2D eigenvalue weighted by Gasteiger charge is 2.21. The minimum atomic E-state index is -1.17. The summed E-state index contributed by atoms with van der Waals surface area (Å²) < 4.78 is 19.5. The van der Waals surface area contributed by atoms with Crippen LogP contribution in [0, 0.1) is 5.82 Å². The molecule has 0 spiro atoms. The van der Waals surface area contributed by atoms with Crippen molar-refractivity contribution in [1.82, 2.24) is 0 Å². The molecule has 2 rings (SSSR count). The first-order valence-corrected chi connectivity index (χ1v) is 6.76. The minimum Gasteiger partial charge on any atom is -0.491 e. The van der Waals surface area contributed by atoms with E-state index in [1.54, 1.807) is 30.3 Å². The van der Waals surface area contributed by atoms with Crippen LogP contribution in [0.5, 0.6) is 5.75 Å². The van der Waals surface area contributed by atoms with Crippen molar-refractivity contribution in [1.29, 1.82) is 0 Å². The second kappa shape index (κ2) is 6.25. The summed E-state index contributed by atoms with van der Waals surface area (Å²) in [5.41, 5.74) is 0.558. The molecule has 0 aromatic heterocycles. The first-order chi connectivity index (χ1) is 9.50. The van der Waals surface area contributed by atoms with Crippen LogP contribution in [0.15, 0.2) is 42.5 Å². The van der Waals surface area contributed by atoms with E-state index >= 15 is 0 Å². The van der Waals surface area contributed by atoms with Gasteiger partial charge < -0.3 is 9.84 Å². The Morgan fingerprint density at radius 3 is 2.45 bits per heavy atom. The zero-order valence-corrected chi connectivity index (χ0v) is 12.1. The van der Waals surface area contributed by atoms with Gasteiger partial charge in [0.1, 0.15) is 17.7 Å². The van der Waals surface area contributed by atoms with E-state index in [0.29, 0.717) is 11.3 Å². The molecule has 1 unspecified atom stereocenters. The third kappa shape index (κ3) is 3.11. The number of para-hydroxylation sites is 1. The van der Waals surface area contributed by atoms with Gasteiger partial charge in [-0.2, -0.15) is 0 Å². The van der Waals surface area contributed by atoms with Gasteiger partial charge in [0.15, 0.2) is 0 Å². The van der Waals surface area contributed by atoms with E-state index in [1.807, 2.05) is 13.8 Å². The molecule has 0 saturated heterocycles. The van der Waals surface area contributed by atoms with Crippen molar-refractivity contribution in [2.24, 2.45) is 0 Å². The summed E-state index contributed by atoms with van der Waals surface area (Å²) in [6, 6.07) is 11.3. The molecule has 1 N–H and O–H groups in total. The lowest BCUT2D eigenvalue weighted by atomic mass is 10.00. The summed E-state index contributed by atoms with van der Waals surface area (Å²) in [5.74, 6) is -0.0151. The molecule has 0 aliphatic rings. The highest BCUT2D eigenvalue weighted by Crippen LogP contribution is 2.35. The van der Waals surface area contributed by atoms with Crippen molar-refractivity contribution in [3.05, 3.63) is 64.4 Å². The largest absolute Gasteiger partial charge is 0.491 e. The Morgan fingerprint density at radius 2 is 1.80 bits per heavy atom. The quantitative estimate of drug-likeness (QED) is 0.908. The molecule has 20 heavy (non-hydrogen) atoms. The van der Waals surface area contributed by atoms with Gasteiger partial charge in [-0.05, 0) is 32.0 Å². The molecule has 106 valence electrons. The number of ether oxygens (including phenoxy) is 1. The smallest absolute Gasteiger partial charge is 0.130 e. The SMILES string of the molecule is CC(C)Oc1ccccc1C(O)c1c(F)cccc1Cl. The van der Waals surface area contributed by atoms with Gasteiger partial charge >= 0.3 is 0 Å². The van der Waals surface area contributed by atoms with Gasteiger partial charge in [-0.1, -0.05) is 35.9 Å². The van der Waals surface area contributed by atoms with Gasteiger partial charge in [0.2, 0.25) is 0 Å². The fourth-order valence-electron chi connectivity index (χ4n) is 2.00. The van der Waals surface area contributed by atoms with Gasteiger partial charge in [0, 0.05) is 16.1 Å². The second-order valence-corrected chi connectivity index (χ2v) is 5.15. The number of rotatable bonds is 4. The third-order valence-electron chi connectivity index (χ3n) is 2.85. The normalized spacial score (nSPS) is 12.5. The molecule has 0 aliphatic carbocycles. The van der Waals surface area contributed by atoms with E-state index in [2.05, 4.69) is 0 Å². The molecule has 0 aliphatic heterocycles. The van der Waals surface area contributed by atoms with Crippen LogP contribution in [0.25, 0.3) is 0 Å². The summed E-state index contributed by atoms with van der Waals surface area (Å²) in [6.07, 6.45) is -1.21. The zero-order chi connectivity index (χ0) is 14.7. The maximum absolute atomic E-state index is 13.9. The lowest BCUT2D eigenvalue weighted by Crippen LogP contribution is -2.11. The van der Waals surface area contributed by atoms with Crippen molar-refractivity contribution in [2.75, 3.05) is 0 Å². The summed E-state index contributed by atoms with van der Waals surface area (Å²) in [5, 5.41) is 10.6. The molecule has 4 heteroatoms. The maximum atomic E-state index is 13.9. The average Bonchev–Trinajstić information content (AvgIpc) is 2.38. The highest BCUT2D eigenvalue weighted by atomic mass is 35.5. The first kappa shape index (κ1) is 14.8. The predicted molar refractivity (Wildman–Crippen MR) is 77.7 cm³/mol. The van der Waals surface area contributed by atoms with Crippen molar-refractivity contribution >= 4 is 11.6 Å². The predicted octanol–water partition coefficient (Wildman–Crippen LogP) is 4.35. The van der Waals surface area contributed by atoms with Crippen LogP contribution in [-0.2, 0) is 0 Å². The van der Waals surface area contributed by atoms with Gasteiger partial charge in [-0.3, -0.25) is 0 Å². The molecule has 2 nitrogen and oxygen atoms in total. The van der Waals surface area contributed by atoms with E-state index < -0.39 is 11.9 Å². The Balaban J connectivity index is 2.46. The van der Waals surface area contributed by atoms with Crippen LogP contribution in [0.4, 0.5) is 4.39 Å². The fraction of sp³-hybridized carbons (Fsp3) is 0.250. The van der Waals surface area contributed by atoms with Crippen molar-refractivity contribution in [3.63, 3.8) is 0 Å². The molecule has 0 heterocycles. The number of aliphatic hydroxyl groups excluding tert-OH is 1. The lowest BCUT2D eigenvalue weighted by Gasteiger charge is -2.19. The summed E-state index contributed by atoms with van der Waals surface area (Å²) in [7, 11) is 0. The second-order valence-electron chi connectivity index (χ2n) is 4.74. The fourth-order valence-corrected chi connectivity index (χ4v) is 2.26. The molecule has 0 fully saturated rings. The van der Waals surface area contributed by atoms with Gasteiger partial charge in [-0.15, -0.1) is 0 Å². The molecular weight excluding hydrogens is 279 g/mol. The standard InChI is InChI=1S/C16H16ClFO2/c1-10(2)20-14-9-4-3-6-11(14)16(19)15-12(17)7-5-8-13(15)18/h3-10,16,19H,1-2H3. The summed E-state index contributed by atoms with van der Waals surface area (Å²) in [6.45, 7) is 3.78. The molecular formula is C16H16ClFO2. The molecule has 0 radical (unpaired) electrons. The Labute approximate surface area is 122 Å². The first-order valence-electron chi connectivity index (χ1n) is 6.38. The highest BCUT2D eigenvalue weighted by molar-refractivity contribution is 6.31. The van der Waals surface area contributed by atoms with Crippen LogP contribution < -0.4 is 4.74 Å². The molecule has 0 bridgehead atoms. The van der Waals surface area contributed by atoms with Crippen LogP contribution >= 0.6 is 11.6 Å². The zero-order valence-electron chi connectivity index (χ0n) is 11.3. The van der Waals surface area contributed by atoms with E-state index in [4.69, 9.17) is 16.3 Å². The topological polar surface area (TPSA) is 29.5 Å². The molecule has 0 amide bonds.